The zero-order valence-electron chi connectivity index (χ0n) is 13.5. The number of rotatable bonds is 5. The minimum Gasteiger partial charge on any atom is -0.324 e. The quantitative estimate of drug-likeness (QED) is 0.875. The predicted molar refractivity (Wildman–Crippen MR) is 95.7 cm³/mol. The number of hydrogen-bond acceptors (Lipinski definition) is 3. The summed E-state index contributed by atoms with van der Waals surface area (Å²) in [6.07, 6.45) is 3.45. The van der Waals surface area contributed by atoms with E-state index in [1.165, 1.54) is 11.1 Å². The molecule has 1 aliphatic rings. The van der Waals surface area contributed by atoms with Crippen LogP contribution in [0.2, 0.25) is 0 Å². The van der Waals surface area contributed by atoms with Crippen LogP contribution in [0.3, 0.4) is 0 Å². The van der Waals surface area contributed by atoms with E-state index in [1.807, 2.05) is 12.1 Å². The second kappa shape index (κ2) is 6.65. The van der Waals surface area contributed by atoms with E-state index in [9.17, 15) is 13.2 Å². The molecular weight excluding hydrogens is 324 g/mol. The molecule has 24 heavy (non-hydrogen) atoms. The smallest absolute Gasteiger partial charge is 0.229 e. The molecule has 0 radical (unpaired) electrons. The van der Waals surface area contributed by atoms with Crippen LogP contribution in [0, 0.1) is 0 Å². The molecule has 2 aromatic rings. The lowest BCUT2D eigenvalue weighted by Gasteiger charge is -2.14. The van der Waals surface area contributed by atoms with E-state index in [1.54, 1.807) is 24.3 Å². The highest BCUT2D eigenvalue weighted by Gasteiger charge is 2.24. The average molecular weight is 344 g/mol. The van der Waals surface area contributed by atoms with Gasteiger partial charge in [0, 0.05) is 6.42 Å². The van der Waals surface area contributed by atoms with Crippen LogP contribution in [0.1, 0.15) is 29.9 Å². The molecule has 1 amide bonds. The van der Waals surface area contributed by atoms with Gasteiger partial charge in [0.05, 0.1) is 17.6 Å². The standard InChI is InChI=1S/C18H20N2O3S/c1-24(22,23)20-17-9-5-4-8-16(17)19-18(21)12-14-11-10-13-6-2-3-7-15(13)14/h2-9,14,20H,10-12H2,1H3,(H,19,21). The van der Waals surface area contributed by atoms with Crippen LogP contribution in [0.4, 0.5) is 11.4 Å². The largest absolute Gasteiger partial charge is 0.324 e. The van der Waals surface area contributed by atoms with E-state index in [4.69, 9.17) is 0 Å². The second-order valence-electron chi connectivity index (χ2n) is 6.11. The van der Waals surface area contributed by atoms with Crippen molar-refractivity contribution in [2.45, 2.75) is 25.2 Å². The maximum absolute atomic E-state index is 12.4. The van der Waals surface area contributed by atoms with E-state index >= 15 is 0 Å². The third-order valence-electron chi connectivity index (χ3n) is 4.19. The molecule has 1 atom stereocenters. The summed E-state index contributed by atoms with van der Waals surface area (Å²) in [6.45, 7) is 0. The number of carbonyl (C=O) groups is 1. The van der Waals surface area contributed by atoms with Crippen LogP contribution in [0.15, 0.2) is 48.5 Å². The van der Waals surface area contributed by atoms with Gasteiger partial charge in [-0.2, -0.15) is 0 Å². The van der Waals surface area contributed by atoms with Gasteiger partial charge < -0.3 is 5.32 Å². The lowest BCUT2D eigenvalue weighted by molar-refractivity contribution is -0.116. The van der Waals surface area contributed by atoms with Gasteiger partial charge in [-0.05, 0) is 42.0 Å². The normalized spacial score (nSPS) is 16.5. The maximum Gasteiger partial charge on any atom is 0.229 e. The molecule has 2 aromatic carbocycles. The number of sulfonamides is 1. The maximum atomic E-state index is 12.4. The van der Waals surface area contributed by atoms with Crippen molar-refractivity contribution in [1.82, 2.24) is 0 Å². The van der Waals surface area contributed by atoms with Gasteiger partial charge in [-0.25, -0.2) is 8.42 Å². The van der Waals surface area contributed by atoms with Gasteiger partial charge in [-0.3, -0.25) is 9.52 Å². The van der Waals surface area contributed by atoms with Crippen LogP contribution in [0.5, 0.6) is 0 Å². The average Bonchev–Trinajstić information content (AvgIpc) is 2.91. The first-order valence-corrected chi connectivity index (χ1v) is 9.76. The van der Waals surface area contributed by atoms with E-state index in [-0.39, 0.29) is 11.8 Å². The molecule has 0 aromatic heterocycles. The molecule has 0 aliphatic heterocycles. The number of aryl methyl sites for hydroxylation is 1. The van der Waals surface area contributed by atoms with Gasteiger partial charge in [0.1, 0.15) is 0 Å². The van der Waals surface area contributed by atoms with Gasteiger partial charge in [-0.15, -0.1) is 0 Å². The Hall–Kier alpha value is -2.34. The molecule has 0 saturated carbocycles. The zero-order chi connectivity index (χ0) is 17.2. The van der Waals surface area contributed by atoms with E-state index < -0.39 is 10.0 Å². The van der Waals surface area contributed by atoms with Crippen molar-refractivity contribution in [3.63, 3.8) is 0 Å². The van der Waals surface area contributed by atoms with Crippen molar-refractivity contribution in [3.8, 4) is 0 Å². The Morgan fingerprint density at radius 1 is 1.08 bits per heavy atom. The number of nitrogens with one attached hydrogen (secondary N) is 2. The number of carbonyl (C=O) groups excluding carboxylic acids is 1. The molecule has 0 saturated heterocycles. The minimum atomic E-state index is -3.40. The summed E-state index contributed by atoms with van der Waals surface area (Å²) in [4.78, 5) is 12.4. The van der Waals surface area contributed by atoms with Gasteiger partial charge in [0.25, 0.3) is 0 Å². The molecule has 0 spiro atoms. The van der Waals surface area contributed by atoms with Crippen molar-refractivity contribution in [2.75, 3.05) is 16.3 Å². The van der Waals surface area contributed by atoms with E-state index in [0.29, 0.717) is 17.8 Å². The minimum absolute atomic E-state index is 0.112. The van der Waals surface area contributed by atoms with Crippen LogP contribution < -0.4 is 10.0 Å². The Morgan fingerprint density at radius 2 is 1.75 bits per heavy atom. The molecule has 1 unspecified atom stereocenters. The molecule has 0 fully saturated rings. The summed E-state index contributed by atoms with van der Waals surface area (Å²) in [7, 11) is -3.40. The molecule has 2 N–H and O–H groups in total. The molecule has 3 rings (SSSR count). The summed E-state index contributed by atoms with van der Waals surface area (Å²) in [6, 6.07) is 15.0. The van der Waals surface area contributed by atoms with E-state index in [0.717, 1.165) is 19.1 Å². The Kier molecular flexibility index (Phi) is 4.57. The van der Waals surface area contributed by atoms with Crippen LogP contribution >= 0.6 is 0 Å². The molecule has 5 nitrogen and oxygen atoms in total. The number of fused-ring (bicyclic) bond motifs is 1. The first kappa shape index (κ1) is 16.5. The van der Waals surface area contributed by atoms with Crippen LogP contribution in [0.25, 0.3) is 0 Å². The van der Waals surface area contributed by atoms with Crippen molar-refractivity contribution in [1.29, 1.82) is 0 Å². The number of benzene rings is 2. The van der Waals surface area contributed by atoms with Gasteiger partial charge in [0.15, 0.2) is 0 Å². The van der Waals surface area contributed by atoms with Gasteiger partial charge in [0.2, 0.25) is 15.9 Å². The van der Waals surface area contributed by atoms with Crippen molar-refractivity contribution in [2.24, 2.45) is 0 Å². The van der Waals surface area contributed by atoms with Crippen molar-refractivity contribution < 1.29 is 13.2 Å². The number of para-hydroxylation sites is 2. The highest BCUT2D eigenvalue weighted by Crippen LogP contribution is 2.35. The summed E-state index contributed by atoms with van der Waals surface area (Å²) in [5, 5.41) is 2.82. The first-order valence-electron chi connectivity index (χ1n) is 7.87. The monoisotopic (exact) mass is 344 g/mol. The molecule has 126 valence electrons. The molecule has 0 heterocycles. The van der Waals surface area contributed by atoms with Crippen LogP contribution in [-0.2, 0) is 21.2 Å². The SMILES string of the molecule is CS(=O)(=O)Nc1ccccc1NC(=O)CC1CCc2ccccc21. The van der Waals surface area contributed by atoms with Crippen molar-refractivity contribution in [3.05, 3.63) is 59.7 Å². The molecular formula is C18H20N2O3S. The number of amides is 1. The van der Waals surface area contributed by atoms with E-state index in [2.05, 4.69) is 22.2 Å². The lowest BCUT2D eigenvalue weighted by atomic mass is 9.97. The number of anilines is 2. The Balaban J connectivity index is 1.70. The fraction of sp³-hybridized carbons (Fsp3) is 0.278. The Morgan fingerprint density at radius 3 is 2.50 bits per heavy atom. The Bertz CT molecular complexity index is 862. The van der Waals surface area contributed by atoms with Crippen LogP contribution in [-0.4, -0.2) is 20.6 Å². The Labute approximate surface area is 142 Å². The first-order chi connectivity index (χ1) is 11.4. The third-order valence-corrected chi connectivity index (χ3v) is 4.78. The van der Waals surface area contributed by atoms with Crippen molar-refractivity contribution >= 4 is 27.3 Å². The molecule has 1 aliphatic carbocycles. The summed E-state index contributed by atoms with van der Waals surface area (Å²) in [5.41, 5.74) is 3.41. The van der Waals surface area contributed by atoms with Gasteiger partial charge in [-0.1, -0.05) is 36.4 Å². The summed E-state index contributed by atoms with van der Waals surface area (Å²) in [5.74, 6) is 0.107. The summed E-state index contributed by atoms with van der Waals surface area (Å²) >= 11 is 0. The topological polar surface area (TPSA) is 75.3 Å². The third kappa shape index (κ3) is 3.94. The highest BCUT2D eigenvalue weighted by atomic mass is 32.2. The number of hydrogen-bond donors (Lipinski definition) is 2. The highest BCUT2D eigenvalue weighted by molar-refractivity contribution is 7.92. The predicted octanol–water partition coefficient (Wildman–Crippen LogP) is 3.12. The second-order valence-corrected chi connectivity index (χ2v) is 7.85. The zero-order valence-corrected chi connectivity index (χ0v) is 14.3. The summed E-state index contributed by atoms with van der Waals surface area (Å²) < 4.78 is 25.3. The lowest BCUT2D eigenvalue weighted by Crippen LogP contribution is -2.17. The fourth-order valence-corrected chi connectivity index (χ4v) is 3.74. The van der Waals surface area contributed by atoms with Gasteiger partial charge >= 0.3 is 0 Å². The molecule has 0 bridgehead atoms. The fourth-order valence-electron chi connectivity index (χ4n) is 3.16. The molecule has 6 heteroatoms.